The Bertz CT molecular complexity index is 753. The highest BCUT2D eigenvalue weighted by atomic mass is 16.5. The highest BCUT2D eigenvalue weighted by Crippen LogP contribution is 2.33. The summed E-state index contributed by atoms with van der Waals surface area (Å²) in [5.41, 5.74) is 4.78. The van der Waals surface area contributed by atoms with Gasteiger partial charge in [0.25, 0.3) is 0 Å². The van der Waals surface area contributed by atoms with E-state index >= 15 is 0 Å². The lowest BCUT2D eigenvalue weighted by molar-refractivity contribution is 0.137. The van der Waals surface area contributed by atoms with Crippen LogP contribution in [-0.2, 0) is 6.42 Å². The standard InChI is InChI=1S/C20H21NO2/c1-13(16-10-15-7-3-5-9-19(15)23-12-16)21-20-17-8-4-2-6-14(17)11-18(20)22/h2-10,13,18,20-22H,11-12H2,1H3. The molecule has 118 valence electrons. The van der Waals surface area contributed by atoms with Gasteiger partial charge in [0.05, 0.1) is 12.1 Å². The van der Waals surface area contributed by atoms with Gasteiger partial charge in [0.15, 0.2) is 0 Å². The lowest BCUT2D eigenvalue weighted by Crippen LogP contribution is -2.38. The Labute approximate surface area is 136 Å². The van der Waals surface area contributed by atoms with Gasteiger partial charge in [-0.15, -0.1) is 0 Å². The van der Waals surface area contributed by atoms with Crippen LogP contribution in [0.2, 0.25) is 0 Å². The third-order valence-corrected chi connectivity index (χ3v) is 4.84. The van der Waals surface area contributed by atoms with Gasteiger partial charge in [-0.05, 0) is 35.8 Å². The largest absolute Gasteiger partial charge is 0.489 e. The Morgan fingerprint density at radius 1 is 1.13 bits per heavy atom. The second kappa shape index (κ2) is 5.84. The molecule has 3 nitrogen and oxygen atoms in total. The van der Waals surface area contributed by atoms with Crippen molar-refractivity contribution < 1.29 is 9.84 Å². The van der Waals surface area contributed by atoms with E-state index in [0.29, 0.717) is 6.61 Å². The number of nitrogens with one attached hydrogen (secondary N) is 1. The van der Waals surface area contributed by atoms with E-state index in [-0.39, 0.29) is 18.2 Å². The molecule has 0 saturated heterocycles. The van der Waals surface area contributed by atoms with E-state index in [1.807, 2.05) is 30.3 Å². The maximum Gasteiger partial charge on any atom is 0.127 e. The van der Waals surface area contributed by atoms with Crippen LogP contribution in [0.5, 0.6) is 5.75 Å². The fourth-order valence-corrected chi connectivity index (χ4v) is 3.53. The fourth-order valence-electron chi connectivity index (χ4n) is 3.53. The quantitative estimate of drug-likeness (QED) is 0.915. The highest BCUT2D eigenvalue weighted by molar-refractivity contribution is 5.63. The van der Waals surface area contributed by atoms with Crippen LogP contribution >= 0.6 is 0 Å². The summed E-state index contributed by atoms with van der Waals surface area (Å²) in [6, 6.07) is 16.5. The predicted molar refractivity (Wildman–Crippen MR) is 91.4 cm³/mol. The molecule has 0 saturated carbocycles. The number of fused-ring (bicyclic) bond motifs is 2. The average Bonchev–Trinajstić information content (AvgIpc) is 2.90. The van der Waals surface area contributed by atoms with Gasteiger partial charge in [-0.1, -0.05) is 42.5 Å². The molecule has 3 heteroatoms. The molecular formula is C20H21NO2. The number of hydrogen-bond donors (Lipinski definition) is 2. The zero-order valence-electron chi connectivity index (χ0n) is 13.2. The molecule has 2 aliphatic rings. The summed E-state index contributed by atoms with van der Waals surface area (Å²) in [5.74, 6) is 0.940. The minimum absolute atomic E-state index is 0.0146. The number of benzene rings is 2. The first-order valence-electron chi connectivity index (χ1n) is 8.16. The first kappa shape index (κ1) is 14.5. The Hall–Kier alpha value is -2.10. The van der Waals surface area contributed by atoms with Crippen LogP contribution < -0.4 is 10.1 Å². The summed E-state index contributed by atoms with van der Waals surface area (Å²) in [6.45, 7) is 2.73. The third kappa shape index (κ3) is 2.67. The van der Waals surface area contributed by atoms with E-state index in [4.69, 9.17) is 4.74 Å². The van der Waals surface area contributed by atoms with E-state index in [2.05, 4.69) is 36.5 Å². The van der Waals surface area contributed by atoms with Crippen LogP contribution in [0.25, 0.3) is 6.08 Å². The van der Waals surface area contributed by atoms with Crippen molar-refractivity contribution in [3.05, 3.63) is 70.8 Å². The summed E-state index contributed by atoms with van der Waals surface area (Å²) in [6.07, 6.45) is 2.55. The Kier molecular flexibility index (Phi) is 3.68. The van der Waals surface area contributed by atoms with E-state index in [1.165, 1.54) is 16.7 Å². The monoisotopic (exact) mass is 307 g/mol. The van der Waals surface area contributed by atoms with Gasteiger partial charge >= 0.3 is 0 Å². The number of aliphatic hydroxyl groups is 1. The summed E-state index contributed by atoms with van der Waals surface area (Å²) < 4.78 is 5.85. The molecule has 3 unspecified atom stereocenters. The van der Waals surface area contributed by atoms with Crippen LogP contribution in [0.3, 0.4) is 0 Å². The summed E-state index contributed by atoms with van der Waals surface area (Å²) in [7, 11) is 0. The molecule has 2 N–H and O–H groups in total. The zero-order chi connectivity index (χ0) is 15.8. The molecule has 23 heavy (non-hydrogen) atoms. The number of hydrogen-bond acceptors (Lipinski definition) is 3. The van der Waals surface area contributed by atoms with Crippen LogP contribution in [0.4, 0.5) is 0 Å². The molecule has 0 spiro atoms. The van der Waals surface area contributed by atoms with Crippen molar-refractivity contribution in [3.8, 4) is 5.75 Å². The van der Waals surface area contributed by atoms with Gasteiger partial charge in [-0.3, -0.25) is 0 Å². The first-order chi connectivity index (χ1) is 11.2. The van der Waals surface area contributed by atoms with Crippen LogP contribution in [0, 0.1) is 0 Å². The van der Waals surface area contributed by atoms with Crippen molar-refractivity contribution >= 4 is 6.08 Å². The van der Waals surface area contributed by atoms with Crippen LogP contribution in [-0.4, -0.2) is 23.9 Å². The summed E-state index contributed by atoms with van der Waals surface area (Å²) in [5, 5.41) is 14.0. The molecular weight excluding hydrogens is 286 g/mol. The van der Waals surface area contributed by atoms with Crippen molar-refractivity contribution in [2.24, 2.45) is 0 Å². The lowest BCUT2D eigenvalue weighted by Gasteiger charge is -2.27. The fraction of sp³-hybridized carbons (Fsp3) is 0.300. The Balaban J connectivity index is 1.55. The lowest BCUT2D eigenvalue weighted by atomic mass is 10.0. The van der Waals surface area contributed by atoms with Gasteiger partial charge in [-0.2, -0.15) is 0 Å². The van der Waals surface area contributed by atoms with Crippen molar-refractivity contribution in [1.29, 1.82) is 0 Å². The Morgan fingerprint density at radius 3 is 2.83 bits per heavy atom. The summed E-state index contributed by atoms with van der Waals surface area (Å²) in [4.78, 5) is 0. The van der Waals surface area contributed by atoms with Gasteiger partial charge in [-0.25, -0.2) is 0 Å². The van der Waals surface area contributed by atoms with E-state index in [9.17, 15) is 5.11 Å². The maximum absolute atomic E-state index is 10.4. The van der Waals surface area contributed by atoms with E-state index < -0.39 is 0 Å². The number of aliphatic hydroxyl groups excluding tert-OH is 1. The van der Waals surface area contributed by atoms with Crippen LogP contribution in [0.1, 0.15) is 29.7 Å². The SMILES string of the molecule is CC(NC1c2ccccc2CC1O)C1=Cc2ccccc2OC1. The van der Waals surface area contributed by atoms with Crippen molar-refractivity contribution in [3.63, 3.8) is 0 Å². The first-order valence-corrected chi connectivity index (χ1v) is 8.16. The van der Waals surface area contributed by atoms with Gasteiger partial charge < -0.3 is 15.2 Å². The molecule has 1 heterocycles. The normalized spacial score (nSPS) is 23.5. The third-order valence-electron chi connectivity index (χ3n) is 4.84. The summed E-state index contributed by atoms with van der Waals surface area (Å²) >= 11 is 0. The molecule has 0 fully saturated rings. The predicted octanol–water partition coefficient (Wildman–Crippen LogP) is 3.10. The number of rotatable bonds is 3. The second-order valence-electron chi connectivity index (χ2n) is 6.38. The molecule has 3 atom stereocenters. The number of ether oxygens (including phenoxy) is 1. The van der Waals surface area contributed by atoms with Crippen LogP contribution in [0.15, 0.2) is 54.1 Å². The van der Waals surface area contributed by atoms with Crippen molar-refractivity contribution in [2.45, 2.75) is 31.5 Å². The smallest absolute Gasteiger partial charge is 0.127 e. The molecule has 2 aromatic carbocycles. The van der Waals surface area contributed by atoms with Gasteiger partial charge in [0.1, 0.15) is 12.4 Å². The van der Waals surface area contributed by atoms with Crippen molar-refractivity contribution in [2.75, 3.05) is 6.61 Å². The van der Waals surface area contributed by atoms with E-state index in [0.717, 1.165) is 17.7 Å². The van der Waals surface area contributed by atoms with Gasteiger partial charge in [0.2, 0.25) is 0 Å². The van der Waals surface area contributed by atoms with Crippen molar-refractivity contribution in [1.82, 2.24) is 5.32 Å². The molecule has 0 amide bonds. The maximum atomic E-state index is 10.4. The molecule has 0 bridgehead atoms. The number of para-hydroxylation sites is 1. The Morgan fingerprint density at radius 2 is 1.91 bits per heavy atom. The molecule has 1 aliphatic heterocycles. The minimum atomic E-state index is -0.368. The molecule has 0 radical (unpaired) electrons. The zero-order valence-corrected chi connectivity index (χ0v) is 13.2. The van der Waals surface area contributed by atoms with E-state index in [1.54, 1.807) is 0 Å². The molecule has 0 aromatic heterocycles. The molecule has 2 aromatic rings. The topological polar surface area (TPSA) is 41.5 Å². The molecule has 1 aliphatic carbocycles. The highest BCUT2D eigenvalue weighted by Gasteiger charge is 2.32. The average molecular weight is 307 g/mol. The van der Waals surface area contributed by atoms with Gasteiger partial charge in [0, 0.05) is 18.0 Å². The second-order valence-corrected chi connectivity index (χ2v) is 6.38. The minimum Gasteiger partial charge on any atom is -0.489 e. The molecule has 4 rings (SSSR count).